The second kappa shape index (κ2) is 6.28. The summed E-state index contributed by atoms with van der Waals surface area (Å²) in [5.74, 6) is -1.24. The second-order valence-corrected chi connectivity index (χ2v) is 3.08. The van der Waals surface area contributed by atoms with E-state index in [0.29, 0.717) is 0 Å². The van der Waals surface area contributed by atoms with Crippen LogP contribution in [0.4, 0.5) is 0 Å². The number of nitriles is 1. The van der Waals surface area contributed by atoms with Gasteiger partial charge in [0.1, 0.15) is 6.61 Å². The molecule has 0 atom stereocenters. The summed E-state index contributed by atoms with van der Waals surface area (Å²) in [4.78, 5) is 23.0. The van der Waals surface area contributed by atoms with E-state index in [2.05, 4.69) is 4.74 Å². The Bertz CT molecular complexity index is 462. The summed E-state index contributed by atoms with van der Waals surface area (Å²) in [7, 11) is 1.24. The van der Waals surface area contributed by atoms with Crippen LogP contribution in [0.15, 0.2) is 24.3 Å². The maximum Gasteiger partial charge on any atom is 0.339 e. The minimum atomic E-state index is -0.638. The first-order chi connectivity index (χ1) is 8.20. The molecule has 0 aliphatic carbocycles. The van der Waals surface area contributed by atoms with Crippen LogP contribution in [-0.2, 0) is 9.47 Å². The molecule has 0 saturated heterocycles. The molecule has 0 unspecified atom stereocenters. The van der Waals surface area contributed by atoms with Gasteiger partial charge in [0.15, 0.2) is 0 Å². The second-order valence-electron chi connectivity index (χ2n) is 3.08. The van der Waals surface area contributed by atoms with Gasteiger partial charge in [0.05, 0.1) is 30.7 Å². The molecule has 0 saturated carbocycles. The molecule has 0 amide bonds. The molecule has 0 fully saturated rings. The number of hydrogen-bond donors (Lipinski definition) is 0. The molecule has 0 spiro atoms. The summed E-state index contributed by atoms with van der Waals surface area (Å²) in [6.45, 7) is 0.00480. The van der Waals surface area contributed by atoms with Crippen molar-refractivity contribution in [2.75, 3.05) is 13.7 Å². The Kier molecular flexibility index (Phi) is 4.70. The van der Waals surface area contributed by atoms with Crippen molar-refractivity contribution in [2.24, 2.45) is 0 Å². The summed E-state index contributed by atoms with van der Waals surface area (Å²) in [5, 5.41) is 8.32. The van der Waals surface area contributed by atoms with Crippen LogP contribution in [0.25, 0.3) is 0 Å². The van der Waals surface area contributed by atoms with Crippen LogP contribution in [-0.4, -0.2) is 25.7 Å². The van der Waals surface area contributed by atoms with Crippen molar-refractivity contribution >= 4 is 11.9 Å². The molecular formula is C12H11NO4. The zero-order valence-electron chi connectivity index (χ0n) is 9.30. The highest BCUT2D eigenvalue weighted by atomic mass is 16.5. The van der Waals surface area contributed by atoms with Crippen molar-refractivity contribution in [3.8, 4) is 6.07 Å². The lowest BCUT2D eigenvalue weighted by Gasteiger charge is -2.06. The van der Waals surface area contributed by atoms with E-state index in [1.54, 1.807) is 12.1 Å². The van der Waals surface area contributed by atoms with Gasteiger partial charge >= 0.3 is 11.9 Å². The fourth-order valence-electron chi connectivity index (χ4n) is 1.22. The quantitative estimate of drug-likeness (QED) is 0.582. The zero-order chi connectivity index (χ0) is 12.7. The van der Waals surface area contributed by atoms with E-state index in [-0.39, 0.29) is 24.2 Å². The number of rotatable bonds is 4. The third-order valence-electron chi connectivity index (χ3n) is 2.00. The van der Waals surface area contributed by atoms with Gasteiger partial charge in [-0.1, -0.05) is 12.1 Å². The van der Waals surface area contributed by atoms with Crippen molar-refractivity contribution in [3.05, 3.63) is 35.4 Å². The van der Waals surface area contributed by atoms with E-state index in [0.717, 1.165) is 0 Å². The first-order valence-electron chi connectivity index (χ1n) is 4.92. The molecule has 1 rings (SSSR count). The third kappa shape index (κ3) is 3.31. The maximum atomic E-state index is 11.6. The predicted octanol–water partition coefficient (Wildman–Crippen LogP) is 1.54. The number of hydrogen-bond acceptors (Lipinski definition) is 5. The molecule has 0 aliphatic heterocycles. The minimum Gasteiger partial charge on any atom is -0.465 e. The molecule has 5 heteroatoms. The van der Waals surface area contributed by atoms with E-state index < -0.39 is 11.9 Å². The molecule has 1 aromatic carbocycles. The number of ether oxygens (including phenoxy) is 2. The highest BCUT2D eigenvalue weighted by Gasteiger charge is 2.17. The number of carbonyl (C=O) groups is 2. The minimum absolute atomic E-state index is 0.00480. The fourth-order valence-corrected chi connectivity index (χ4v) is 1.22. The Hall–Kier alpha value is -2.35. The summed E-state index contributed by atoms with van der Waals surface area (Å²) >= 11 is 0. The van der Waals surface area contributed by atoms with Crippen LogP contribution in [0.1, 0.15) is 27.1 Å². The highest BCUT2D eigenvalue weighted by molar-refractivity contribution is 6.03. The van der Waals surface area contributed by atoms with Crippen molar-refractivity contribution in [1.82, 2.24) is 0 Å². The van der Waals surface area contributed by atoms with Gasteiger partial charge in [-0.05, 0) is 12.1 Å². The van der Waals surface area contributed by atoms with E-state index in [4.69, 9.17) is 10.00 Å². The van der Waals surface area contributed by atoms with E-state index in [9.17, 15) is 9.59 Å². The van der Waals surface area contributed by atoms with Gasteiger partial charge in [-0.2, -0.15) is 5.26 Å². The Balaban J connectivity index is 2.86. The van der Waals surface area contributed by atoms with Gasteiger partial charge in [-0.15, -0.1) is 0 Å². The Morgan fingerprint density at radius 3 is 2.35 bits per heavy atom. The molecule has 0 N–H and O–H groups in total. The van der Waals surface area contributed by atoms with Crippen LogP contribution < -0.4 is 0 Å². The first kappa shape index (κ1) is 12.7. The molecule has 5 nitrogen and oxygen atoms in total. The Morgan fingerprint density at radius 2 is 1.82 bits per heavy atom. The number of esters is 2. The number of carbonyl (C=O) groups excluding carboxylic acids is 2. The zero-order valence-corrected chi connectivity index (χ0v) is 9.30. The largest absolute Gasteiger partial charge is 0.465 e. The van der Waals surface area contributed by atoms with Crippen LogP contribution in [0.2, 0.25) is 0 Å². The highest BCUT2D eigenvalue weighted by Crippen LogP contribution is 2.11. The van der Waals surface area contributed by atoms with Gasteiger partial charge in [0.2, 0.25) is 0 Å². The Labute approximate surface area is 98.6 Å². The lowest BCUT2D eigenvalue weighted by atomic mass is 10.1. The molecule has 0 aromatic heterocycles. The molecule has 0 heterocycles. The molecule has 0 bridgehead atoms. The van der Waals surface area contributed by atoms with Crippen molar-refractivity contribution in [1.29, 1.82) is 5.26 Å². The molecule has 0 aliphatic rings. The van der Waals surface area contributed by atoms with Gasteiger partial charge in [0.25, 0.3) is 0 Å². The molecule has 17 heavy (non-hydrogen) atoms. The monoisotopic (exact) mass is 233 g/mol. The SMILES string of the molecule is COC(=O)c1ccccc1C(=O)OCCC#N. The standard InChI is InChI=1S/C12H11NO4/c1-16-11(14)9-5-2-3-6-10(9)12(15)17-8-4-7-13/h2-3,5-6H,4,8H2,1H3. The number of nitrogens with zero attached hydrogens (tertiary/aromatic N) is 1. The fraction of sp³-hybridized carbons (Fsp3) is 0.250. The lowest BCUT2D eigenvalue weighted by molar-refractivity contribution is 0.0493. The molecular weight excluding hydrogens is 222 g/mol. The summed E-state index contributed by atoms with van der Waals surface area (Å²) < 4.78 is 9.39. The Morgan fingerprint density at radius 1 is 1.24 bits per heavy atom. The smallest absolute Gasteiger partial charge is 0.339 e. The van der Waals surface area contributed by atoms with Gasteiger partial charge < -0.3 is 9.47 Å². The van der Waals surface area contributed by atoms with Crippen LogP contribution in [0, 0.1) is 11.3 Å². The van der Waals surface area contributed by atoms with E-state index in [1.807, 2.05) is 6.07 Å². The normalized spacial score (nSPS) is 9.18. The van der Waals surface area contributed by atoms with Crippen molar-refractivity contribution in [3.63, 3.8) is 0 Å². The van der Waals surface area contributed by atoms with E-state index >= 15 is 0 Å². The molecule has 88 valence electrons. The van der Waals surface area contributed by atoms with E-state index in [1.165, 1.54) is 19.2 Å². The predicted molar refractivity (Wildman–Crippen MR) is 58.3 cm³/mol. The average molecular weight is 233 g/mol. The maximum absolute atomic E-state index is 11.6. The summed E-state index contributed by atoms with van der Waals surface area (Å²) in [5.41, 5.74) is 0.286. The first-order valence-corrected chi connectivity index (χ1v) is 4.92. The van der Waals surface area contributed by atoms with Crippen LogP contribution >= 0.6 is 0 Å². The third-order valence-corrected chi connectivity index (χ3v) is 2.00. The van der Waals surface area contributed by atoms with Gasteiger partial charge in [-0.25, -0.2) is 9.59 Å². The van der Waals surface area contributed by atoms with Crippen LogP contribution in [0.5, 0.6) is 0 Å². The van der Waals surface area contributed by atoms with Gasteiger partial charge in [0, 0.05) is 0 Å². The molecule has 1 aromatic rings. The average Bonchev–Trinajstić information content (AvgIpc) is 2.38. The summed E-state index contributed by atoms with van der Waals surface area (Å²) in [6.07, 6.45) is 0.117. The number of methoxy groups -OCH3 is 1. The molecule has 0 radical (unpaired) electrons. The number of benzene rings is 1. The van der Waals surface area contributed by atoms with Crippen LogP contribution in [0.3, 0.4) is 0 Å². The lowest BCUT2D eigenvalue weighted by Crippen LogP contribution is -2.13. The van der Waals surface area contributed by atoms with Crippen molar-refractivity contribution < 1.29 is 19.1 Å². The van der Waals surface area contributed by atoms with Gasteiger partial charge in [-0.3, -0.25) is 0 Å². The van der Waals surface area contributed by atoms with Crippen molar-refractivity contribution in [2.45, 2.75) is 6.42 Å². The topological polar surface area (TPSA) is 76.4 Å². The summed E-state index contributed by atoms with van der Waals surface area (Å²) in [6, 6.07) is 8.05.